The smallest absolute Gasteiger partial charge is 0.250 e. The van der Waals surface area contributed by atoms with E-state index < -0.39 is 41.6 Å². The number of carbonyl (C=O) groups is 3. The van der Waals surface area contributed by atoms with Gasteiger partial charge in [0, 0.05) is 24.7 Å². The maximum absolute atomic E-state index is 15.3. The molecule has 5 rings (SSSR count). The van der Waals surface area contributed by atoms with Gasteiger partial charge in [0.15, 0.2) is 0 Å². The highest BCUT2D eigenvalue weighted by Gasteiger charge is 2.51. The highest BCUT2D eigenvalue weighted by Crippen LogP contribution is 2.37. The molecule has 2 fully saturated rings. The fraction of sp³-hybridized carbons (Fsp3) is 0.483. The molecule has 38 heavy (non-hydrogen) atoms. The number of amides is 3. The highest BCUT2D eigenvalue weighted by molar-refractivity contribution is 6.00. The molecule has 0 saturated carbocycles. The SMILES string of the molecule is CC[C@@H](C)[C@@H]1C(=O)NC(C2Cc3ccccc3C2)C(=O)N1C(C(=O)N1CCOCC1)c1ccc(F)cc1F. The molecule has 0 spiro atoms. The summed E-state index contributed by atoms with van der Waals surface area (Å²) in [6.07, 6.45) is 1.79. The van der Waals surface area contributed by atoms with E-state index in [4.69, 9.17) is 4.74 Å². The fourth-order valence-corrected chi connectivity index (χ4v) is 6.00. The molecule has 2 aromatic rings. The number of ether oxygens (including phenoxy) is 1. The molecule has 7 nitrogen and oxygen atoms in total. The first-order chi connectivity index (χ1) is 18.3. The van der Waals surface area contributed by atoms with E-state index in [1.165, 1.54) is 15.9 Å². The number of halogens is 2. The molecule has 2 unspecified atom stereocenters. The van der Waals surface area contributed by atoms with Gasteiger partial charge in [-0.25, -0.2) is 8.78 Å². The van der Waals surface area contributed by atoms with Crippen LogP contribution in [0.4, 0.5) is 8.78 Å². The summed E-state index contributed by atoms with van der Waals surface area (Å²) in [5.41, 5.74) is 2.13. The predicted molar refractivity (Wildman–Crippen MR) is 136 cm³/mol. The van der Waals surface area contributed by atoms with Gasteiger partial charge in [-0.05, 0) is 41.9 Å². The Bertz CT molecular complexity index is 1210. The number of piperazine rings is 1. The highest BCUT2D eigenvalue weighted by atomic mass is 19.1. The number of fused-ring (bicyclic) bond motifs is 1. The third kappa shape index (κ3) is 4.79. The van der Waals surface area contributed by atoms with Gasteiger partial charge in [-0.15, -0.1) is 0 Å². The summed E-state index contributed by atoms with van der Waals surface area (Å²) in [4.78, 5) is 44.9. The maximum Gasteiger partial charge on any atom is 0.250 e. The summed E-state index contributed by atoms with van der Waals surface area (Å²) < 4.78 is 34.6. The van der Waals surface area contributed by atoms with Crippen LogP contribution in [0.25, 0.3) is 0 Å². The molecule has 0 bridgehead atoms. The van der Waals surface area contributed by atoms with Crippen LogP contribution in [0.1, 0.15) is 43.0 Å². The third-order valence-corrected chi connectivity index (χ3v) is 8.22. The molecule has 3 amide bonds. The van der Waals surface area contributed by atoms with Gasteiger partial charge in [0.05, 0.1) is 13.2 Å². The number of hydrogen-bond acceptors (Lipinski definition) is 4. The van der Waals surface area contributed by atoms with Gasteiger partial charge in [-0.3, -0.25) is 14.4 Å². The van der Waals surface area contributed by atoms with E-state index in [-0.39, 0.29) is 36.4 Å². The van der Waals surface area contributed by atoms with Crippen LogP contribution >= 0.6 is 0 Å². The van der Waals surface area contributed by atoms with Crippen LogP contribution in [0.2, 0.25) is 0 Å². The van der Waals surface area contributed by atoms with E-state index in [0.29, 0.717) is 38.5 Å². The molecule has 2 heterocycles. The standard InChI is InChI=1S/C29H33F2N3O4/c1-3-17(2)25-27(35)32-24(20-14-18-6-4-5-7-19(18)15-20)28(36)34(25)26(22-9-8-21(30)16-23(22)31)29(37)33-10-12-38-13-11-33/h4-9,16-17,20,24-26H,3,10-15H2,1-2H3,(H,32,35)/t17-,24?,25-,26?/m1/s1. The Morgan fingerprint density at radius 3 is 2.34 bits per heavy atom. The van der Waals surface area contributed by atoms with Crippen molar-refractivity contribution in [1.82, 2.24) is 15.1 Å². The number of nitrogens with zero attached hydrogens (tertiary/aromatic N) is 2. The van der Waals surface area contributed by atoms with Crippen molar-refractivity contribution in [3.63, 3.8) is 0 Å². The first-order valence-corrected chi connectivity index (χ1v) is 13.3. The summed E-state index contributed by atoms with van der Waals surface area (Å²) in [7, 11) is 0. The van der Waals surface area contributed by atoms with Crippen LogP contribution in [0.5, 0.6) is 0 Å². The largest absolute Gasteiger partial charge is 0.378 e. The lowest BCUT2D eigenvalue weighted by Gasteiger charge is -2.47. The van der Waals surface area contributed by atoms with Crippen LogP contribution in [0, 0.1) is 23.5 Å². The Morgan fingerprint density at radius 2 is 1.74 bits per heavy atom. The van der Waals surface area contributed by atoms with Crippen molar-refractivity contribution in [3.05, 3.63) is 70.8 Å². The number of hydrogen-bond donors (Lipinski definition) is 1. The van der Waals surface area contributed by atoms with E-state index in [0.717, 1.165) is 17.2 Å². The molecule has 202 valence electrons. The molecule has 2 saturated heterocycles. The summed E-state index contributed by atoms with van der Waals surface area (Å²) in [6.45, 7) is 4.93. The molecular weight excluding hydrogens is 492 g/mol. The molecule has 2 aliphatic heterocycles. The summed E-state index contributed by atoms with van der Waals surface area (Å²) in [5.74, 6) is -3.48. The minimum absolute atomic E-state index is 0.118. The topological polar surface area (TPSA) is 79.0 Å². The van der Waals surface area contributed by atoms with Crippen LogP contribution in [0.3, 0.4) is 0 Å². The number of morpholine rings is 1. The molecule has 1 aliphatic carbocycles. The van der Waals surface area contributed by atoms with Crippen LogP contribution in [0.15, 0.2) is 42.5 Å². The van der Waals surface area contributed by atoms with Crippen LogP contribution in [-0.4, -0.2) is 65.9 Å². The maximum atomic E-state index is 15.3. The van der Waals surface area contributed by atoms with Crippen molar-refractivity contribution in [2.24, 2.45) is 11.8 Å². The van der Waals surface area contributed by atoms with Crippen molar-refractivity contribution in [3.8, 4) is 0 Å². The Morgan fingerprint density at radius 1 is 1.08 bits per heavy atom. The summed E-state index contributed by atoms with van der Waals surface area (Å²) in [6, 6.07) is 7.68. The van der Waals surface area contributed by atoms with Gasteiger partial charge < -0.3 is 19.9 Å². The predicted octanol–water partition coefficient (Wildman–Crippen LogP) is 3.02. The molecule has 0 radical (unpaired) electrons. The molecule has 0 aromatic heterocycles. The van der Waals surface area contributed by atoms with Crippen molar-refractivity contribution in [1.29, 1.82) is 0 Å². The Hall–Kier alpha value is -3.33. The zero-order valence-corrected chi connectivity index (χ0v) is 21.7. The molecular formula is C29H33F2N3O4. The van der Waals surface area contributed by atoms with Crippen LogP contribution in [-0.2, 0) is 32.0 Å². The van der Waals surface area contributed by atoms with E-state index in [1.54, 1.807) is 0 Å². The zero-order chi connectivity index (χ0) is 27.0. The monoisotopic (exact) mass is 525 g/mol. The van der Waals surface area contributed by atoms with Gasteiger partial charge in [-0.2, -0.15) is 0 Å². The first kappa shape index (κ1) is 26.3. The number of nitrogens with one attached hydrogen (secondary N) is 1. The summed E-state index contributed by atoms with van der Waals surface area (Å²) >= 11 is 0. The normalized spacial score (nSPS) is 23.7. The quantitative estimate of drug-likeness (QED) is 0.629. The van der Waals surface area contributed by atoms with Gasteiger partial charge in [-0.1, -0.05) is 50.6 Å². The van der Waals surface area contributed by atoms with E-state index in [2.05, 4.69) is 5.32 Å². The molecule has 3 aliphatic rings. The van der Waals surface area contributed by atoms with Gasteiger partial charge >= 0.3 is 0 Å². The third-order valence-electron chi connectivity index (χ3n) is 8.22. The lowest BCUT2D eigenvalue weighted by Crippen LogP contribution is -2.68. The van der Waals surface area contributed by atoms with Gasteiger partial charge in [0.1, 0.15) is 29.8 Å². The van der Waals surface area contributed by atoms with E-state index >= 15 is 4.39 Å². The lowest BCUT2D eigenvalue weighted by molar-refractivity contribution is -0.163. The second kappa shape index (κ2) is 10.8. The lowest BCUT2D eigenvalue weighted by atomic mass is 9.85. The molecule has 9 heteroatoms. The van der Waals surface area contributed by atoms with Crippen molar-refractivity contribution >= 4 is 17.7 Å². The zero-order valence-electron chi connectivity index (χ0n) is 21.7. The minimum Gasteiger partial charge on any atom is -0.378 e. The Kier molecular flexibility index (Phi) is 7.47. The van der Waals surface area contributed by atoms with E-state index in [9.17, 15) is 18.8 Å². The Labute approximate surface area is 221 Å². The van der Waals surface area contributed by atoms with Crippen molar-refractivity contribution < 1.29 is 27.9 Å². The van der Waals surface area contributed by atoms with Gasteiger partial charge in [0.2, 0.25) is 17.7 Å². The van der Waals surface area contributed by atoms with Crippen LogP contribution < -0.4 is 5.32 Å². The van der Waals surface area contributed by atoms with Gasteiger partial charge in [0.25, 0.3) is 0 Å². The minimum atomic E-state index is -1.41. The van der Waals surface area contributed by atoms with Crippen molar-refractivity contribution in [2.75, 3.05) is 26.3 Å². The number of rotatable bonds is 6. The summed E-state index contributed by atoms with van der Waals surface area (Å²) in [5, 5.41) is 2.96. The number of benzene rings is 2. The second-order valence-corrected chi connectivity index (χ2v) is 10.5. The molecule has 2 aromatic carbocycles. The molecule has 4 atom stereocenters. The Balaban J connectivity index is 1.58. The number of carbonyl (C=O) groups excluding carboxylic acids is 3. The first-order valence-electron chi connectivity index (χ1n) is 13.3. The average molecular weight is 526 g/mol. The fourth-order valence-electron chi connectivity index (χ4n) is 6.00. The second-order valence-electron chi connectivity index (χ2n) is 10.5. The van der Waals surface area contributed by atoms with Crippen molar-refractivity contribution in [2.45, 2.75) is 51.2 Å². The molecule has 1 N–H and O–H groups in total. The average Bonchev–Trinajstić information content (AvgIpc) is 3.35. The van der Waals surface area contributed by atoms with E-state index in [1.807, 2.05) is 38.1 Å².